The molecular formula is C21H24ClN3O3S2. The molecule has 0 aliphatic carbocycles. The molecule has 2 aromatic carbocycles. The molecule has 6 nitrogen and oxygen atoms in total. The van der Waals surface area contributed by atoms with Gasteiger partial charge in [0.15, 0.2) is 15.0 Å². The zero-order valence-corrected chi connectivity index (χ0v) is 19.7. The molecule has 0 atom stereocenters. The molecular weight excluding hydrogens is 442 g/mol. The number of amides is 1. The van der Waals surface area contributed by atoms with E-state index in [1.807, 2.05) is 38.1 Å². The standard InChI is InChI=1S/C21H24ClN3O3S2/c1-5-30(27,28)18-9-7-6-8-16(18)20(26)25(11-10-24(3)4)21-23-19-14(2)12-15(22)13-17(19)29-21/h6-9,12-13H,5,10-11H2,1-4H3. The molecule has 0 N–H and O–H groups in total. The predicted molar refractivity (Wildman–Crippen MR) is 124 cm³/mol. The first kappa shape index (κ1) is 22.7. The van der Waals surface area contributed by atoms with E-state index in [1.165, 1.54) is 17.4 Å². The number of halogens is 1. The number of aromatic nitrogens is 1. The van der Waals surface area contributed by atoms with Crippen molar-refractivity contribution in [3.05, 3.63) is 52.5 Å². The van der Waals surface area contributed by atoms with Crippen LogP contribution in [-0.2, 0) is 9.84 Å². The number of nitrogens with zero attached hydrogens (tertiary/aromatic N) is 3. The van der Waals surface area contributed by atoms with Crippen LogP contribution >= 0.6 is 22.9 Å². The van der Waals surface area contributed by atoms with E-state index in [0.717, 1.165) is 15.8 Å². The minimum Gasteiger partial charge on any atom is -0.308 e. The Labute approximate surface area is 186 Å². The van der Waals surface area contributed by atoms with Gasteiger partial charge in [-0.25, -0.2) is 13.4 Å². The number of anilines is 1. The van der Waals surface area contributed by atoms with Gasteiger partial charge in [-0.3, -0.25) is 9.69 Å². The minimum absolute atomic E-state index is 0.0488. The molecule has 30 heavy (non-hydrogen) atoms. The van der Waals surface area contributed by atoms with Gasteiger partial charge in [-0.2, -0.15) is 0 Å². The van der Waals surface area contributed by atoms with Crippen molar-refractivity contribution in [3.63, 3.8) is 0 Å². The van der Waals surface area contributed by atoms with Crippen molar-refractivity contribution in [2.45, 2.75) is 18.7 Å². The van der Waals surface area contributed by atoms with Gasteiger partial charge in [-0.1, -0.05) is 42.0 Å². The molecule has 9 heteroatoms. The molecule has 0 spiro atoms. The molecule has 3 aromatic rings. The highest BCUT2D eigenvalue weighted by atomic mass is 35.5. The van der Waals surface area contributed by atoms with Crippen molar-refractivity contribution < 1.29 is 13.2 Å². The van der Waals surface area contributed by atoms with Gasteiger partial charge in [-0.15, -0.1) is 0 Å². The topological polar surface area (TPSA) is 70.6 Å². The van der Waals surface area contributed by atoms with Crippen LogP contribution in [-0.4, -0.2) is 57.1 Å². The minimum atomic E-state index is -3.55. The van der Waals surface area contributed by atoms with Crippen molar-refractivity contribution in [1.29, 1.82) is 0 Å². The van der Waals surface area contributed by atoms with E-state index in [9.17, 15) is 13.2 Å². The summed E-state index contributed by atoms with van der Waals surface area (Å²) in [5.41, 5.74) is 1.87. The number of carbonyl (C=O) groups is 1. The van der Waals surface area contributed by atoms with Crippen LogP contribution in [0, 0.1) is 6.92 Å². The highest BCUT2D eigenvalue weighted by Gasteiger charge is 2.27. The molecule has 0 unspecified atom stereocenters. The summed E-state index contributed by atoms with van der Waals surface area (Å²) in [6.07, 6.45) is 0. The largest absolute Gasteiger partial charge is 0.308 e. The Balaban J connectivity index is 2.12. The SMILES string of the molecule is CCS(=O)(=O)c1ccccc1C(=O)N(CCN(C)C)c1nc2c(C)cc(Cl)cc2s1. The number of hydrogen-bond donors (Lipinski definition) is 0. The van der Waals surface area contributed by atoms with E-state index in [1.54, 1.807) is 30.0 Å². The summed E-state index contributed by atoms with van der Waals surface area (Å²) in [6, 6.07) is 10.0. The number of likely N-dealkylation sites (N-methyl/N-ethyl adjacent to an activating group) is 1. The van der Waals surface area contributed by atoms with Gasteiger partial charge in [0.1, 0.15) is 0 Å². The third-order valence-corrected chi connectivity index (χ3v) is 7.75. The smallest absolute Gasteiger partial charge is 0.261 e. The fourth-order valence-corrected chi connectivity index (χ4v) is 5.59. The maximum absolute atomic E-state index is 13.6. The number of aryl methyl sites for hydroxylation is 1. The number of benzene rings is 2. The van der Waals surface area contributed by atoms with E-state index in [2.05, 4.69) is 4.98 Å². The molecule has 0 aliphatic heterocycles. The Morgan fingerprint density at radius 3 is 2.53 bits per heavy atom. The molecule has 0 radical (unpaired) electrons. The third kappa shape index (κ3) is 4.67. The molecule has 160 valence electrons. The number of carbonyl (C=O) groups excluding carboxylic acids is 1. The quantitative estimate of drug-likeness (QED) is 0.521. The van der Waals surface area contributed by atoms with Gasteiger partial charge in [-0.05, 0) is 50.8 Å². The molecule has 0 bridgehead atoms. The lowest BCUT2D eigenvalue weighted by Gasteiger charge is -2.23. The highest BCUT2D eigenvalue weighted by Crippen LogP contribution is 2.34. The lowest BCUT2D eigenvalue weighted by Crippen LogP contribution is -2.37. The Morgan fingerprint density at radius 2 is 1.87 bits per heavy atom. The molecule has 1 aromatic heterocycles. The number of rotatable bonds is 7. The van der Waals surface area contributed by atoms with Gasteiger partial charge < -0.3 is 4.90 Å². The summed E-state index contributed by atoms with van der Waals surface area (Å²) in [5, 5.41) is 1.13. The van der Waals surface area contributed by atoms with Gasteiger partial charge in [0.2, 0.25) is 0 Å². The summed E-state index contributed by atoms with van der Waals surface area (Å²) in [7, 11) is 0.284. The van der Waals surface area contributed by atoms with Gasteiger partial charge in [0.05, 0.1) is 26.4 Å². The fourth-order valence-electron chi connectivity index (χ4n) is 3.06. The Kier molecular flexibility index (Phi) is 6.81. The Hall–Kier alpha value is -2.00. The summed E-state index contributed by atoms with van der Waals surface area (Å²) in [4.78, 5) is 21.8. The van der Waals surface area contributed by atoms with Crippen LogP contribution in [0.5, 0.6) is 0 Å². The second kappa shape index (κ2) is 9.01. The van der Waals surface area contributed by atoms with Crippen molar-refractivity contribution >= 4 is 54.0 Å². The average molecular weight is 466 g/mol. The second-order valence-corrected chi connectivity index (χ2v) is 10.9. The summed E-state index contributed by atoms with van der Waals surface area (Å²) < 4.78 is 26.0. The van der Waals surface area contributed by atoms with Crippen molar-refractivity contribution in [2.75, 3.05) is 37.8 Å². The lowest BCUT2D eigenvalue weighted by molar-refractivity contribution is 0.0982. The molecule has 1 amide bonds. The summed E-state index contributed by atoms with van der Waals surface area (Å²) in [5.74, 6) is -0.458. The van der Waals surface area contributed by atoms with Crippen LogP contribution in [0.3, 0.4) is 0 Å². The normalized spacial score (nSPS) is 11.9. The lowest BCUT2D eigenvalue weighted by atomic mass is 10.2. The van der Waals surface area contributed by atoms with Gasteiger partial charge in [0, 0.05) is 18.1 Å². The van der Waals surface area contributed by atoms with E-state index < -0.39 is 9.84 Å². The fraction of sp³-hybridized carbons (Fsp3) is 0.333. The van der Waals surface area contributed by atoms with E-state index in [-0.39, 0.29) is 22.1 Å². The van der Waals surface area contributed by atoms with Crippen LogP contribution < -0.4 is 4.90 Å². The van der Waals surface area contributed by atoms with E-state index >= 15 is 0 Å². The predicted octanol–water partition coefficient (Wildman–Crippen LogP) is 4.26. The van der Waals surface area contributed by atoms with Gasteiger partial charge >= 0.3 is 0 Å². The first-order valence-electron chi connectivity index (χ1n) is 9.49. The first-order valence-corrected chi connectivity index (χ1v) is 12.3. The van der Waals surface area contributed by atoms with E-state index in [4.69, 9.17) is 11.6 Å². The maximum Gasteiger partial charge on any atom is 0.261 e. The highest BCUT2D eigenvalue weighted by molar-refractivity contribution is 7.91. The zero-order chi connectivity index (χ0) is 22.1. The van der Waals surface area contributed by atoms with Crippen molar-refractivity contribution in [2.24, 2.45) is 0 Å². The van der Waals surface area contributed by atoms with Crippen LogP contribution in [0.4, 0.5) is 5.13 Å². The molecule has 3 rings (SSSR count). The van der Waals surface area contributed by atoms with Crippen molar-refractivity contribution in [3.8, 4) is 0 Å². The van der Waals surface area contributed by atoms with Crippen LogP contribution in [0.15, 0.2) is 41.3 Å². The first-order chi connectivity index (χ1) is 14.1. The summed E-state index contributed by atoms with van der Waals surface area (Å²) >= 11 is 7.55. The third-order valence-electron chi connectivity index (χ3n) is 4.72. The maximum atomic E-state index is 13.6. The molecule has 0 saturated heterocycles. The molecule has 1 heterocycles. The average Bonchev–Trinajstić information content (AvgIpc) is 3.11. The number of hydrogen-bond acceptors (Lipinski definition) is 6. The van der Waals surface area contributed by atoms with Crippen LogP contribution in [0.2, 0.25) is 5.02 Å². The Bertz CT molecular complexity index is 1190. The number of thiazole rings is 1. The van der Waals surface area contributed by atoms with E-state index in [0.29, 0.717) is 23.2 Å². The molecule has 0 saturated carbocycles. The summed E-state index contributed by atoms with van der Waals surface area (Å²) in [6.45, 7) is 4.47. The second-order valence-electron chi connectivity index (χ2n) is 7.23. The monoisotopic (exact) mass is 465 g/mol. The number of fused-ring (bicyclic) bond motifs is 1. The number of sulfone groups is 1. The van der Waals surface area contributed by atoms with Crippen LogP contribution in [0.1, 0.15) is 22.8 Å². The Morgan fingerprint density at radius 1 is 1.17 bits per heavy atom. The molecule has 0 fully saturated rings. The van der Waals surface area contributed by atoms with Crippen molar-refractivity contribution in [1.82, 2.24) is 9.88 Å². The molecule has 0 aliphatic rings. The van der Waals surface area contributed by atoms with Gasteiger partial charge in [0.25, 0.3) is 5.91 Å². The van der Waals surface area contributed by atoms with Crippen LogP contribution in [0.25, 0.3) is 10.2 Å². The zero-order valence-electron chi connectivity index (χ0n) is 17.3.